The Labute approximate surface area is 117 Å². The third kappa shape index (κ3) is 3.86. The van der Waals surface area contributed by atoms with Gasteiger partial charge in [0.2, 0.25) is 5.91 Å². The molecule has 1 aliphatic heterocycles. The fourth-order valence-corrected chi connectivity index (χ4v) is 3.34. The van der Waals surface area contributed by atoms with Gasteiger partial charge in [0.15, 0.2) is 0 Å². The first-order chi connectivity index (χ1) is 8.18. The first-order valence-corrected chi connectivity index (χ1v) is 7.15. The van der Waals surface area contributed by atoms with E-state index in [2.05, 4.69) is 12.2 Å². The highest BCUT2D eigenvalue weighted by atomic mass is 35.5. The average molecular weight is 275 g/mol. The van der Waals surface area contributed by atoms with Gasteiger partial charge in [-0.25, -0.2) is 0 Å². The van der Waals surface area contributed by atoms with E-state index < -0.39 is 0 Å². The van der Waals surface area contributed by atoms with Gasteiger partial charge in [0.1, 0.15) is 0 Å². The largest absolute Gasteiger partial charge is 0.343 e. The SMILES string of the molecule is CC1CCCCC1N(C)C(=O)CC1CCNC1.Cl. The molecule has 2 rings (SSSR count). The minimum Gasteiger partial charge on any atom is -0.343 e. The molecule has 3 unspecified atom stereocenters. The number of hydrogen-bond acceptors (Lipinski definition) is 2. The van der Waals surface area contributed by atoms with Crippen molar-refractivity contribution in [2.24, 2.45) is 11.8 Å². The standard InChI is InChI=1S/C14H26N2O.ClH/c1-11-5-3-4-6-13(11)16(2)14(17)9-12-7-8-15-10-12;/h11-13,15H,3-10H2,1-2H3;1H. The minimum atomic E-state index is 0. The second-order valence-electron chi connectivity index (χ2n) is 5.90. The number of rotatable bonds is 3. The van der Waals surface area contributed by atoms with E-state index in [0.717, 1.165) is 19.5 Å². The van der Waals surface area contributed by atoms with Crippen LogP contribution >= 0.6 is 12.4 Å². The Morgan fingerprint density at radius 2 is 2.00 bits per heavy atom. The normalized spacial score (nSPS) is 31.8. The van der Waals surface area contributed by atoms with Crippen molar-refractivity contribution in [2.45, 2.75) is 51.5 Å². The Hall–Kier alpha value is -0.280. The summed E-state index contributed by atoms with van der Waals surface area (Å²) in [7, 11) is 2.01. The summed E-state index contributed by atoms with van der Waals surface area (Å²) in [6, 6.07) is 0.491. The summed E-state index contributed by atoms with van der Waals surface area (Å²) in [5, 5.41) is 3.33. The van der Waals surface area contributed by atoms with Crippen LogP contribution in [0.1, 0.15) is 45.4 Å². The summed E-state index contributed by atoms with van der Waals surface area (Å²) in [5.41, 5.74) is 0. The molecule has 2 aliphatic rings. The lowest BCUT2D eigenvalue weighted by Crippen LogP contribution is -2.43. The number of nitrogens with one attached hydrogen (secondary N) is 1. The highest BCUT2D eigenvalue weighted by Crippen LogP contribution is 2.28. The average Bonchev–Trinajstić information content (AvgIpc) is 2.81. The highest BCUT2D eigenvalue weighted by molar-refractivity contribution is 5.85. The molecule has 0 radical (unpaired) electrons. The predicted molar refractivity (Wildman–Crippen MR) is 77.0 cm³/mol. The van der Waals surface area contributed by atoms with Crippen molar-refractivity contribution in [2.75, 3.05) is 20.1 Å². The van der Waals surface area contributed by atoms with Crippen molar-refractivity contribution in [3.05, 3.63) is 0 Å². The molecule has 0 spiro atoms. The molecule has 1 saturated carbocycles. The Morgan fingerprint density at radius 1 is 1.28 bits per heavy atom. The van der Waals surface area contributed by atoms with Crippen molar-refractivity contribution in [1.82, 2.24) is 10.2 Å². The third-order valence-corrected chi connectivity index (χ3v) is 4.58. The molecule has 3 atom stereocenters. The van der Waals surface area contributed by atoms with Crippen molar-refractivity contribution in [3.63, 3.8) is 0 Å². The van der Waals surface area contributed by atoms with Crippen LogP contribution in [0.25, 0.3) is 0 Å². The van der Waals surface area contributed by atoms with Crippen LogP contribution in [-0.4, -0.2) is 37.0 Å². The van der Waals surface area contributed by atoms with Gasteiger partial charge in [-0.15, -0.1) is 12.4 Å². The van der Waals surface area contributed by atoms with Crippen molar-refractivity contribution in [1.29, 1.82) is 0 Å². The molecule has 1 saturated heterocycles. The number of nitrogens with zero attached hydrogens (tertiary/aromatic N) is 1. The van der Waals surface area contributed by atoms with Gasteiger partial charge in [0, 0.05) is 19.5 Å². The molecule has 0 bridgehead atoms. The monoisotopic (exact) mass is 274 g/mol. The van der Waals surface area contributed by atoms with Crippen LogP contribution in [0.2, 0.25) is 0 Å². The van der Waals surface area contributed by atoms with Crippen molar-refractivity contribution in [3.8, 4) is 0 Å². The van der Waals surface area contributed by atoms with Crippen LogP contribution < -0.4 is 5.32 Å². The summed E-state index contributed by atoms with van der Waals surface area (Å²) in [4.78, 5) is 14.3. The lowest BCUT2D eigenvalue weighted by Gasteiger charge is -2.36. The summed E-state index contributed by atoms with van der Waals surface area (Å²) in [6.45, 7) is 4.41. The van der Waals surface area contributed by atoms with Gasteiger partial charge >= 0.3 is 0 Å². The molecule has 18 heavy (non-hydrogen) atoms. The zero-order valence-corrected chi connectivity index (χ0v) is 12.5. The molecule has 3 nitrogen and oxygen atoms in total. The van der Waals surface area contributed by atoms with E-state index >= 15 is 0 Å². The Balaban J connectivity index is 0.00000162. The molecular formula is C14H27ClN2O. The molecule has 1 amide bonds. The summed E-state index contributed by atoms with van der Waals surface area (Å²) in [5.74, 6) is 1.61. The van der Waals surface area contributed by atoms with Gasteiger partial charge in [-0.3, -0.25) is 4.79 Å². The molecule has 1 aliphatic carbocycles. The van der Waals surface area contributed by atoms with E-state index in [4.69, 9.17) is 0 Å². The Morgan fingerprint density at radius 3 is 2.61 bits per heavy atom. The topological polar surface area (TPSA) is 32.3 Å². The smallest absolute Gasteiger partial charge is 0.222 e. The summed E-state index contributed by atoms with van der Waals surface area (Å²) >= 11 is 0. The summed E-state index contributed by atoms with van der Waals surface area (Å²) < 4.78 is 0. The van der Waals surface area contributed by atoms with Crippen LogP contribution in [0.4, 0.5) is 0 Å². The van der Waals surface area contributed by atoms with Gasteiger partial charge in [-0.1, -0.05) is 19.8 Å². The number of carbonyl (C=O) groups is 1. The lowest BCUT2D eigenvalue weighted by molar-refractivity contribution is -0.134. The van der Waals surface area contributed by atoms with Crippen molar-refractivity contribution < 1.29 is 4.79 Å². The van der Waals surface area contributed by atoms with E-state index in [-0.39, 0.29) is 12.4 Å². The maximum absolute atomic E-state index is 12.2. The van der Waals surface area contributed by atoms with Gasteiger partial charge in [-0.05, 0) is 44.2 Å². The molecule has 2 fully saturated rings. The van der Waals surface area contributed by atoms with Crippen LogP contribution in [0.5, 0.6) is 0 Å². The number of hydrogen-bond donors (Lipinski definition) is 1. The molecule has 106 valence electrons. The van der Waals surface area contributed by atoms with Crippen LogP contribution in [0, 0.1) is 11.8 Å². The quantitative estimate of drug-likeness (QED) is 0.857. The number of amides is 1. The van der Waals surface area contributed by atoms with Crippen molar-refractivity contribution >= 4 is 18.3 Å². The van der Waals surface area contributed by atoms with E-state index in [9.17, 15) is 4.79 Å². The molecule has 1 heterocycles. The fourth-order valence-electron chi connectivity index (χ4n) is 3.34. The van der Waals surface area contributed by atoms with Gasteiger partial charge in [0.25, 0.3) is 0 Å². The van der Waals surface area contributed by atoms with Crippen LogP contribution in [0.15, 0.2) is 0 Å². The Bertz CT molecular complexity index is 267. The van der Waals surface area contributed by atoms with E-state index in [1.807, 2.05) is 11.9 Å². The van der Waals surface area contributed by atoms with E-state index in [1.165, 1.54) is 32.1 Å². The molecule has 1 N–H and O–H groups in total. The lowest BCUT2D eigenvalue weighted by atomic mass is 9.85. The fraction of sp³-hybridized carbons (Fsp3) is 0.929. The molecule has 0 aromatic carbocycles. The first kappa shape index (κ1) is 15.8. The zero-order valence-electron chi connectivity index (χ0n) is 11.7. The second kappa shape index (κ2) is 7.34. The van der Waals surface area contributed by atoms with Crippen LogP contribution in [-0.2, 0) is 4.79 Å². The van der Waals surface area contributed by atoms with Gasteiger partial charge in [0.05, 0.1) is 0 Å². The van der Waals surface area contributed by atoms with Gasteiger partial charge in [-0.2, -0.15) is 0 Å². The van der Waals surface area contributed by atoms with Crippen LogP contribution in [0.3, 0.4) is 0 Å². The zero-order chi connectivity index (χ0) is 12.3. The number of halogens is 1. The highest BCUT2D eigenvalue weighted by Gasteiger charge is 2.29. The predicted octanol–water partition coefficient (Wildman–Crippen LogP) is 2.44. The molecule has 0 aromatic heterocycles. The minimum absolute atomic E-state index is 0. The maximum atomic E-state index is 12.2. The molecule has 0 aromatic rings. The maximum Gasteiger partial charge on any atom is 0.222 e. The first-order valence-electron chi connectivity index (χ1n) is 7.15. The van der Waals surface area contributed by atoms with E-state index in [1.54, 1.807) is 0 Å². The van der Waals surface area contributed by atoms with E-state index in [0.29, 0.717) is 23.8 Å². The van der Waals surface area contributed by atoms with Gasteiger partial charge < -0.3 is 10.2 Å². The Kier molecular flexibility index (Phi) is 6.44. The molecule has 4 heteroatoms. The summed E-state index contributed by atoms with van der Waals surface area (Å²) in [6.07, 6.45) is 7.02. The second-order valence-corrected chi connectivity index (χ2v) is 5.90. The molecular weight excluding hydrogens is 248 g/mol. The number of carbonyl (C=O) groups excluding carboxylic acids is 1. The third-order valence-electron chi connectivity index (χ3n) is 4.58.